The lowest BCUT2D eigenvalue weighted by Crippen LogP contribution is -2.41. The molecule has 0 radical (unpaired) electrons. The fourth-order valence-electron chi connectivity index (χ4n) is 2.20. The normalized spacial score (nSPS) is 13.4. The van der Waals surface area contributed by atoms with E-state index in [1.165, 1.54) is 9.18 Å². The third-order valence-corrected chi connectivity index (χ3v) is 6.51. The average Bonchev–Trinajstić information content (AvgIpc) is 3.06. The summed E-state index contributed by atoms with van der Waals surface area (Å²) in [5, 5.41) is 8.65. The number of halogens is 1. The molecular formula is C16H31IN4O2S2. The molecule has 0 fully saturated rings. The molecule has 1 aromatic rings. The van der Waals surface area contributed by atoms with E-state index in [2.05, 4.69) is 40.1 Å². The molecule has 25 heavy (non-hydrogen) atoms. The van der Waals surface area contributed by atoms with Crippen molar-refractivity contribution in [2.24, 2.45) is 10.9 Å². The standard InChI is InChI=1S/C16H30N4O2S2.HI/c1-5-24(21,22)20(4)10-7-9-18-16(17-3)19-13-14(2)12-15-8-6-11-23-15;/h6,8,11,14H,5,7,9-10,12-13H2,1-4H3,(H2,17,18,19);1H. The molecule has 0 aliphatic carbocycles. The molecule has 2 N–H and O–H groups in total. The maximum Gasteiger partial charge on any atom is 0.213 e. The van der Waals surface area contributed by atoms with Crippen LogP contribution in [0.3, 0.4) is 0 Å². The summed E-state index contributed by atoms with van der Waals surface area (Å²) in [5.74, 6) is 1.42. The minimum atomic E-state index is -3.09. The Morgan fingerprint density at radius 3 is 2.68 bits per heavy atom. The quantitative estimate of drug-likeness (QED) is 0.223. The maximum absolute atomic E-state index is 11.7. The van der Waals surface area contributed by atoms with Crippen LogP contribution >= 0.6 is 35.3 Å². The van der Waals surface area contributed by atoms with Crippen LogP contribution in [-0.4, -0.2) is 58.2 Å². The van der Waals surface area contributed by atoms with Gasteiger partial charge in [-0.25, -0.2) is 12.7 Å². The molecule has 0 saturated heterocycles. The maximum atomic E-state index is 11.7. The zero-order valence-electron chi connectivity index (χ0n) is 15.5. The molecule has 146 valence electrons. The molecule has 0 aromatic carbocycles. The van der Waals surface area contributed by atoms with Gasteiger partial charge in [-0.2, -0.15) is 0 Å². The highest BCUT2D eigenvalue weighted by molar-refractivity contribution is 14.0. The highest BCUT2D eigenvalue weighted by Gasteiger charge is 2.14. The molecular weight excluding hydrogens is 471 g/mol. The van der Waals surface area contributed by atoms with E-state index >= 15 is 0 Å². The Morgan fingerprint density at radius 2 is 2.12 bits per heavy atom. The van der Waals surface area contributed by atoms with Gasteiger partial charge in [0.05, 0.1) is 5.75 Å². The summed E-state index contributed by atoms with van der Waals surface area (Å²) in [4.78, 5) is 5.60. The fourth-order valence-corrected chi connectivity index (χ4v) is 3.92. The van der Waals surface area contributed by atoms with E-state index in [4.69, 9.17) is 0 Å². The Balaban J connectivity index is 0.00000576. The monoisotopic (exact) mass is 502 g/mol. The molecule has 0 amide bonds. The average molecular weight is 502 g/mol. The van der Waals surface area contributed by atoms with E-state index in [-0.39, 0.29) is 29.7 Å². The second-order valence-electron chi connectivity index (χ2n) is 5.84. The van der Waals surface area contributed by atoms with Gasteiger partial charge in [0.2, 0.25) is 10.0 Å². The summed E-state index contributed by atoms with van der Waals surface area (Å²) in [5.41, 5.74) is 0. The molecule has 1 heterocycles. The summed E-state index contributed by atoms with van der Waals surface area (Å²) < 4.78 is 24.7. The SMILES string of the molecule is CCS(=O)(=O)N(C)CCCNC(=NC)NCC(C)Cc1cccs1.I. The zero-order chi connectivity index (χ0) is 18.0. The van der Waals surface area contributed by atoms with Crippen molar-refractivity contribution in [2.75, 3.05) is 39.5 Å². The Kier molecular flexibility index (Phi) is 12.7. The predicted octanol–water partition coefficient (Wildman–Crippen LogP) is 2.38. The molecule has 0 saturated carbocycles. The van der Waals surface area contributed by atoms with Crippen molar-refractivity contribution in [1.82, 2.24) is 14.9 Å². The first-order valence-corrected chi connectivity index (χ1v) is 10.8. The Hall–Kier alpha value is -0.390. The van der Waals surface area contributed by atoms with Crippen molar-refractivity contribution in [3.8, 4) is 0 Å². The number of hydrogen-bond acceptors (Lipinski definition) is 4. The minimum absolute atomic E-state index is 0. The highest BCUT2D eigenvalue weighted by Crippen LogP contribution is 2.13. The van der Waals surface area contributed by atoms with Crippen LogP contribution in [0.1, 0.15) is 25.1 Å². The molecule has 0 aliphatic rings. The van der Waals surface area contributed by atoms with Gasteiger partial charge >= 0.3 is 0 Å². The van der Waals surface area contributed by atoms with Gasteiger partial charge in [-0.05, 0) is 37.1 Å². The largest absolute Gasteiger partial charge is 0.356 e. The number of nitrogens with one attached hydrogen (secondary N) is 2. The van der Waals surface area contributed by atoms with Crippen molar-refractivity contribution in [1.29, 1.82) is 0 Å². The van der Waals surface area contributed by atoms with E-state index in [0.717, 1.165) is 25.3 Å². The molecule has 1 rings (SSSR count). The van der Waals surface area contributed by atoms with Gasteiger partial charge < -0.3 is 10.6 Å². The minimum Gasteiger partial charge on any atom is -0.356 e. The van der Waals surface area contributed by atoms with Crippen molar-refractivity contribution in [3.63, 3.8) is 0 Å². The lowest BCUT2D eigenvalue weighted by molar-refractivity contribution is 0.461. The smallest absolute Gasteiger partial charge is 0.213 e. The van der Waals surface area contributed by atoms with Gasteiger partial charge in [-0.1, -0.05) is 13.0 Å². The Labute approximate surface area is 173 Å². The predicted molar refractivity (Wildman–Crippen MR) is 119 cm³/mol. The fraction of sp³-hybridized carbons (Fsp3) is 0.688. The van der Waals surface area contributed by atoms with E-state index in [1.54, 1.807) is 32.4 Å². The van der Waals surface area contributed by atoms with Crippen molar-refractivity contribution in [3.05, 3.63) is 22.4 Å². The number of nitrogens with zero attached hydrogens (tertiary/aromatic N) is 2. The number of guanidine groups is 1. The van der Waals surface area contributed by atoms with E-state index in [0.29, 0.717) is 19.0 Å². The van der Waals surface area contributed by atoms with Crippen LogP contribution in [0, 0.1) is 5.92 Å². The molecule has 6 nitrogen and oxygen atoms in total. The lowest BCUT2D eigenvalue weighted by Gasteiger charge is -2.18. The second kappa shape index (κ2) is 12.9. The lowest BCUT2D eigenvalue weighted by atomic mass is 10.1. The topological polar surface area (TPSA) is 73.8 Å². The molecule has 0 spiro atoms. The van der Waals surface area contributed by atoms with Crippen LogP contribution < -0.4 is 10.6 Å². The van der Waals surface area contributed by atoms with Crippen LogP contribution in [-0.2, 0) is 16.4 Å². The summed E-state index contributed by atoms with van der Waals surface area (Å²) in [6, 6.07) is 4.24. The first kappa shape index (κ1) is 24.6. The third-order valence-electron chi connectivity index (χ3n) is 3.75. The molecule has 9 heteroatoms. The molecule has 1 aromatic heterocycles. The van der Waals surface area contributed by atoms with Gasteiger partial charge in [-0.3, -0.25) is 4.99 Å². The van der Waals surface area contributed by atoms with E-state index in [9.17, 15) is 8.42 Å². The van der Waals surface area contributed by atoms with Gasteiger partial charge in [0.1, 0.15) is 0 Å². The van der Waals surface area contributed by atoms with E-state index < -0.39 is 10.0 Å². The number of aliphatic imine (C=N–C) groups is 1. The zero-order valence-corrected chi connectivity index (χ0v) is 19.5. The summed E-state index contributed by atoms with van der Waals surface area (Å²) in [6.45, 7) is 5.91. The van der Waals surface area contributed by atoms with Crippen LogP contribution in [0.2, 0.25) is 0 Å². The third kappa shape index (κ3) is 9.76. The first-order valence-electron chi connectivity index (χ1n) is 8.30. The number of thiophene rings is 1. The van der Waals surface area contributed by atoms with Crippen molar-refractivity contribution in [2.45, 2.75) is 26.7 Å². The molecule has 1 unspecified atom stereocenters. The molecule has 1 atom stereocenters. The number of rotatable bonds is 10. The summed E-state index contributed by atoms with van der Waals surface area (Å²) in [6.07, 6.45) is 1.79. The Bertz CT molecular complexity index is 591. The first-order chi connectivity index (χ1) is 11.4. The van der Waals surface area contributed by atoms with Crippen LogP contribution in [0.15, 0.2) is 22.5 Å². The number of hydrogen-bond donors (Lipinski definition) is 2. The van der Waals surface area contributed by atoms with Crippen molar-refractivity contribution >= 4 is 51.3 Å². The highest BCUT2D eigenvalue weighted by atomic mass is 127. The van der Waals surface area contributed by atoms with Gasteiger partial charge in [0, 0.05) is 38.6 Å². The van der Waals surface area contributed by atoms with Gasteiger partial charge in [0.25, 0.3) is 0 Å². The molecule has 0 aliphatic heterocycles. The van der Waals surface area contributed by atoms with Gasteiger partial charge in [-0.15, -0.1) is 35.3 Å². The van der Waals surface area contributed by atoms with Gasteiger partial charge in [0.15, 0.2) is 5.96 Å². The second-order valence-corrected chi connectivity index (χ2v) is 9.24. The van der Waals surface area contributed by atoms with Crippen molar-refractivity contribution < 1.29 is 8.42 Å². The van der Waals surface area contributed by atoms with Crippen LogP contribution in [0.25, 0.3) is 0 Å². The summed E-state index contributed by atoms with van der Waals surface area (Å²) >= 11 is 1.79. The van der Waals surface area contributed by atoms with Crippen LogP contribution in [0.5, 0.6) is 0 Å². The molecule has 0 bridgehead atoms. The van der Waals surface area contributed by atoms with E-state index in [1.807, 2.05) is 0 Å². The summed E-state index contributed by atoms with van der Waals surface area (Å²) in [7, 11) is 0.276. The van der Waals surface area contributed by atoms with Crippen LogP contribution in [0.4, 0.5) is 0 Å². The Morgan fingerprint density at radius 1 is 1.40 bits per heavy atom. The number of sulfonamides is 1.